The smallest absolute Gasteiger partial charge is 0.311 e. The molecule has 1 rings (SSSR count). The first kappa shape index (κ1) is 10.5. The van der Waals surface area contributed by atoms with Crippen molar-refractivity contribution in [3.05, 3.63) is 33.3 Å². The zero-order valence-electron chi connectivity index (χ0n) is 7.28. The molecule has 0 aromatic heterocycles. The fourth-order valence-electron chi connectivity index (χ4n) is 0.991. The van der Waals surface area contributed by atoms with E-state index in [2.05, 4.69) is 5.32 Å². The van der Waals surface area contributed by atoms with E-state index in [1.54, 1.807) is 0 Å². The molecule has 1 amide bonds. The van der Waals surface area contributed by atoms with E-state index in [1.807, 2.05) is 0 Å². The summed E-state index contributed by atoms with van der Waals surface area (Å²) in [5, 5.41) is 12.9. The molecule has 0 unspecified atom stereocenters. The third-order valence-electron chi connectivity index (χ3n) is 1.48. The van der Waals surface area contributed by atoms with E-state index < -0.39 is 4.92 Å². The second-order valence-corrected chi connectivity index (χ2v) is 2.98. The average Bonchev–Trinajstić information content (AvgIpc) is 2.01. The van der Waals surface area contributed by atoms with Crippen LogP contribution in [0.5, 0.6) is 0 Å². The molecule has 0 spiro atoms. The molecule has 1 N–H and O–H groups in total. The summed E-state index contributed by atoms with van der Waals surface area (Å²) >= 11 is 5.61. The summed E-state index contributed by atoms with van der Waals surface area (Å²) in [6.07, 6.45) is 0. The predicted octanol–water partition coefficient (Wildman–Crippen LogP) is 2.21. The number of carbonyl (C=O) groups is 1. The number of anilines is 1. The Morgan fingerprint density at radius 1 is 1.57 bits per heavy atom. The lowest BCUT2D eigenvalue weighted by molar-refractivity contribution is -0.383. The summed E-state index contributed by atoms with van der Waals surface area (Å²) < 4.78 is 0. The van der Waals surface area contributed by atoms with E-state index in [0.29, 0.717) is 0 Å². The van der Waals surface area contributed by atoms with Crippen molar-refractivity contribution in [2.45, 2.75) is 6.92 Å². The van der Waals surface area contributed by atoms with Gasteiger partial charge in [-0.25, -0.2) is 0 Å². The lowest BCUT2D eigenvalue weighted by atomic mass is 10.2. The van der Waals surface area contributed by atoms with Crippen molar-refractivity contribution in [1.82, 2.24) is 0 Å². The van der Waals surface area contributed by atoms with E-state index in [0.717, 1.165) is 0 Å². The molecule has 0 saturated heterocycles. The van der Waals surface area contributed by atoms with Crippen LogP contribution in [-0.2, 0) is 4.79 Å². The maximum absolute atomic E-state index is 10.7. The van der Waals surface area contributed by atoms with E-state index >= 15 is 0 Å². The van der Waals surface area contributed by atoms with Crippen LogP contribution in [0.3, 0.4) is 0 Å². The number of halogens is 1. The molecule has 0 bridgehead atoms. The summed E-state index contributed by atoms with van der Waals surface area (Å²) in [4.78, 5) is 20.7. The predicted molar refractivity (Wildman–Crippen MR) is 52.4 cm³/mol. The van der Waals surface area contributed by atoms with Crippen molar-refractivity contribution in [2.75, 3.05) is 5.32 Å². The molecular weight excluding hydrogens is 208 g/mol. The number of para-hydroxylation sites is 1. The van der Waals surface area contributed by atoms with Gasteiger partial charge < -0.3 is 5.32 Å². The Kier molecular flexibility index (Phi) is 3.03. The van der Waals surface area contributed by atoms with Crippen LogP contribution < -0.4 is 5.32 Å². The van der Waals surface area contributed by atoms with Crippen molar-refractivity contribution in [2.24, 2.45) is 0 Å². The molecule has 1 aromatic carbocycles. The van der Waals surface area contributed by atoms with Crippen molar-refractivity contribution < 1.29 is 9.72 Å². The summed E-state index contributed by atoms with van der Waals surface area (Å²) in [5.74, 6) is -0.379. The van der Waals surface area contributed by atoms with Crippen molar-refractivity contribution in [1.29, 1.82) is 0 Å². The maximum atomic E-state index is 10.7. The van der Waals surface area contributed by atoms with Crippen LogP contribution in [0.2, 0.25) is 5.02 Å². The van der Waals surface area contributed by atoms with Crippen LogP contribution in [0, 0.1) is 10.1 Å². The Morgan fingerprint density at radius 2 is 2.21 bits per heavy atom. The minimum absolute atomic E-state index is 0.00116. The molecule has 6 heteroatoms. The van der Waals surface area contributed by atoms with Gasteiger partial charge in [-0.15, -0.1) is 0 Å². The standard InChI is InChI=1S/C8H7ClN2O3/c1-5(12)10-7-4-2-3-6(9)8(7)11(13)14/h2-4H,1H3,(H,10,12). The van der Waals surface area contributed by atoms with Gasteiger partial charge in [0, 0.05) is 6.92 Å². The first-order valence-corrected chi connectivity index (χ1v) is 4.10. The van der Waals surface area contributed by atoms with Gasteiger partial charge in [-0.05, 0) is 12.1 Å². The highest BCUT2D eigenvalue weighted by atomic mass is 35.5. The van der Waals surface area contributed by atoms with Crippen LogP contribution in [-0.4, -0.2) is 10.8 Å². The Hall–Kier alpha value is -1.62. The molecule has 0 aliphatic carbocycles. The highest BCUT2D eigenvalue weighted by molar-refractivity contribution is 6.33. The fourth-order valence-corrected chi connectivity index (χ4v) is 1.23. The molecule has 0 radical (unpaired) electrons. The van der Waals surface area contributed by atoms with Gasteiger partial charge in [-0.3, -0.25) is 14.9 Å². The molecule has 1 aromatic rings. The number of rotatable bonds is 2. The molecule has 0 heterocycles. The first-order chi connectivity index (χ1) is 6.52. The van der Waals surface area contributed by atoms with Gasteiger partial charge in [0.05, 0.1) is 4.92 Å². The molecule has 0 aliphatic heterocycles. The van der Waals surface area contributed by atoms with Crippen molar-refractivity contribution >= 4 is 28.9 Å². The number of nitrogens with one attached hydrogen (secondary N) is 1. The molecular formula is C8H7ClN2O3. The van der Waals surface area contributed by atoms with Gasteiger partial charge in [0.2, 0.25) is 5.91 Å². The zero-order valence-corrected chi connectivity index (χ0v) is 8.04. The fraction of sp³-hybridized carbons (Fsp3) is 0.125. The minimum Gasteiger partial charge on any atom is -0.321 e. The molecule has 0 saturated carbocycles. The second kappa shape index (κ2) is 4.06. The lowest BCUT2D eigenvalue weighted by Crippen LogP contribution is -2.08. The maximum Gasteiger partial charge on any atom is 0.311 e. The van der Waals surface area contributed by atoms with E-state index in [9.17, 15) is 14.9 Å². The van der Waals surface area contributed by atoms with Gasteiger partial charge in [0.1, 0.15) is 10.7 Å². The Balaban J connectivity index is 3.21. The first-order valence-electron chi connectivity index (χ1n) is 3.73. The van der Waals surface area contributed by atoms with Crippen LogP contribution in [0.4, 0.5) is 11.4 Å². The number of amides is 1. The lowest BCUT2D eigenvalue weighted by Gasteiger charge is -2.03. The number of benzene rings is 1. The third-order valence-corrected chi connectivity index (χ3v) is 1.79. The summed E-state index contributed by atoms with van der Waals surface area (Å²) in [6, 6.07) is 4.34. The average molecular weight is 215 g/mol. The third kappa shape index (κ3) is 2.20. The summed E-state index contributed by atoms with van der Waals surface area (Å²) in [7, 11) is 0. The van der Waals surface area contributed by atoms with Crippen molar-refractivity contribution in [3.8, 4) is 0 Å². The number of nitrogens with zero attached hydrogens (tertiary/aromatic N) is 1. The van der Waals surface area contributed by atoms with Gasteiger partial charge in [0.25, 0.3) is 0 Å². The Bertz CT molecular complexity index is 392. The van der Waals surface area contributed by atoms with E-state index in [-0.39, 0.29) is 22.3 Å². The van der Waals surface area contributed by atoms with Crippen LogP contribution in [0.15, 0.2) is 18.2 Å². The van der Waals surface area contributed by atoms with Crippen LogP contribution >= 0.6 is 11.6 Å². The molecule has 0 fully saturated rings. The van der Waals surface area contributed by atoms with Crippen molar-refractivity contribution in [3.63, 3.8) is 0 Å². The van der Waals surface area contributed by atoms with Gasteiger partial charge in [-0.1, -0.05) is 17.7 Å². The normalized spacial score (nSPS) is 9.57. The summed E-state index contributed by atoms with van der Waals surface area (Å²) in [6.45, 7) is 1.27. The number of hydrogen-bond acceptors (Lipinski definition) is 3. The second-order valence-electron chi connectivity index (χ2n) is 2.57. The van der Waals surface area contributed by atoms with Crippen LogP contribution in [0.25, 0.3) is 0 Å². The number of hydrogen-bond donors (Lipinski definition) is 1. The summed E-state index contributed by atoms with van der Waals surface area (Å²) in [5.41, 5.74) is -0.181. The zero-order chi connectivity index (χ0) is 10.7. The minimum atomic E-state index is -0.631. The SMILES string of the molecule is CC(=O)Nc1cccc(Cl)c1[N+](=O)[O-]. The largest absolute Gasteiger partial charge is 0.321 e. The number of carbonyl (C=O) groups excluding carboxylic acids is 1. The topological polar surface area (TPSA) is 72.2 Å². The van der Waals surface area contributed by atoms with E-state index in [1.165, 1.54) is 25.1 Å². The monoisotopic (exact) mass is 214 g/mol. The van der Waals surface area contributed by atoms with Gasteiger partial charge in [-0.2, -0.15) is 0 Å². The number of nitro benzene ring substituents is 1. The molecule has 0 aliphatic rings. The molecule has 74 valence electrons. The molecule has 0 atom stereocenters. The highest BCUT2D eigenvalue weighted by Crippen LogP contribution is 2.31. The van der Waals surface area contributed by atoms with Gasteiger partial charge in [0.15, 0.2) is 0 Å². The Morgan fingerprint density at radius 3 is 2.71 bits per heavy atom. The van der Waals surface area contributed by atoms with E-state index in [4.69, 9.17) is 11.6 Å². The highest BCUT2D eigenvalue weighted by Gasteiger charge is 2.18. The van der Waals surface area contributed by atoms with Crippen LogP contribution in [0.1, 0.15) is 6.92 Å². The quantitative estimate of drug-likeness (QED) is 0.606. The molecule has 5 nitrogen and oxygen atoms in total. The van der Waals surface area contributed by atoms with Gasteiger partial charge >= 0.3 is 5.69 Å². The number of nitro groups is 1. The molecule has 14 heavy (non-hydrogen) atoms. The Labute approximate surface area is 84.8 Å².